The van der Waals surface area contributed by atoms with Crippen LogP contribution in [0, 0.1) is 0 Å². The molecule has 0 fully saturated rings. The van der Waals surface area contributed by atoms with Gasteiger partial charge in [-0.25, -0.2) is 0 Å². The maximum atomic E-state index is 5.63. The summed E-state index contributed by atoms with van der Waals surface area (Å²) in [5.74, 6) is 0.470. The molecule has 5 heteroatoms. The van der Waals surface area contributed by atoms with E-state index < -0.39 is 0 Å². The summed E-state index contributed by atoms with van der Waals surface area (Å²) >= 11 is 3.47. The molecule has 4 nitrogen and oxygen atoms in total. The van der Waals surface area contributed by atoms with Crippen LogP contribution in [-0.4, -0.2) is 53.7 Å². The molecule has 0 aliphatic rings. The number of hydrogen-bond acceptors (Lipinski definition) is 4. The molecule has 0 radical (unpaired) electrons. The summed E-state index contributed by atoms with van der Waals surface area (Å²) in [7, 11) is 3.65. The Morgan fingerprint density at radius 2 is 1.62 bits per heavy atom. The van der Waals surface area contributed by atoms with Crippen LogP contribution in [0.5, 0.6) is 0 Å². The van der Waals surface area contributed by atoms with Crippen LogP contribution >= 0.6 is 15.9 Å². The fourth-order valence-electron chi connectivity index (χ4n) is 2.06. The third kappa shape index (κ3) is 8.53. The van der Waals surface area contributed by atoms with Crippen molar-refractivity contribution in [3.63, 3.8) is 0 Å². The third-order valence-electron chi connectivity index (χ3n) is 3.21. The molecule has 0 saturated heterocycles. The van der Waals surface area contributed by atoms with Gasteiger partial charge in [-0.05, 0) is 37.1 Å². The molecule has 0 aromatic heterocycles. The van der Waals surface area contributed by atoms with Gasteiger partial charge in [0.25, 0.3) is 0 Å². The Morgan fingerprint density at radius 3 is 2.24 bits per heavy atom. The normalized spacial score (nSPS) is 12.5. The molecule has 0 aliphatic carbocycles. The van der Waals surface area contributed by atoms with Gasteiger partial charge in [0.2, 0.25) is 0 Å². The van der Waals surface area contributed by atoms with Crippen molar-refractivity contribution in [1.82, 2.24) is 5.32 Å². The van der Waals surface area contributed by atoms with Crippen molar-refractivity contribution in [1.29, 1.82) is 0 Å². The molecule has 1 unspecified atom stereocenters. The Balaban J connectivity index is 2.21. The molecule has 120 valence electrons. The first-order chi connectivity index (χ1) is 10.3. The van der Waals surface area contributed by atoms with E-state index in [1.165, 1.54) is 5.56 Å². The van der Waals surface area contributed by atoms with Gasteiger partial charge < -0.3 is 19.5 Å². The molecular formula is C16H26BrNO3. The van der Waals surface area contributed by atoms with Gasteiger partial charge in [-0.2, -0.15) is 0 Å². The average Bonchev–Trinajstić information content (AvgIpc) is 2.50. The molecule has 1 aromatic carbocycles. The van der Waals surface area contributed by atoms with E-state index in [1.54, 1.807) is 7.11 Å². The van der Waals surface area contributed by atoms with Gasteiger partial charge in [-0.3, -0.25) is 0 Å². The van der Waals surface area contributed by atoms with Gasteiger partial charge in [0, 0.05) is 24.7 Å². The van der Waals surface area contributed by atoms with Gasteiger partial charge in [0.05, 0.1) is 26.4 Å². The van der Waals surface area contributed by atoms with Crippen molar-refractivity contribution in [2.24, 2.45) is 0 Å². The van der Waals surface area contributed by atoms with Crippen LogP contribution in [0.15, 0.2) is 28.7 Å². The molecule has 0 amide bonds. The summed E-state index contributed by atoms with van der Waals surface area (Å²) in [5, 5.41) is 3.25. The fourth-order valence-corrected chi connectivity index (χ4v) is 2.32. The number of nitrogens with one attached hydrogen (secondary N) is 1. The molecule has 1 N–H and O–H groups in total. The minimum atomic E-state index is 0.470. The third-order valence-corrected chi connectivity index (χ3v) is 3.74. The lowest BCUT2D eigenvalue weighted by atomic mass is 9.96. The van der Waals surface area contributed by atoms with E-state index in [2.05, 4.69) is 45.5 Å². The lowest BCUT2D eigenvalue weighted by Gasteiger charge is -2.17. The van der Waals surface area contributed by atoms with E-state index in [-0.39, 0.29) is 0 Å². The highest BCUT2D eigenvalue weighted by atomic mass is 79.9. The molecule has 0 heterocycles. The Hall–Kier alpha value is -0.460. The Bertz CT molecular complexity index is 359. The van der Waals surface area contributed by atoms with Gasteiger partial charge in [-0.1, -0.05) is 28.1 Å². The van der Waals surface area contributed by atoms with Gasteiger partial charge in [-0.15, -0.1) is 0 Å². The summed E-state index contributed by atoms with van der Waals surface area (Å²) in [6, 6.07) is 8.50. The molecule has 1 aromatic rings. The van der Waals surface area contributed by atoms with Gasteiger partial charge in [0.1, 0.15) is 0 Å². The second kappa shape index (κ2) is 12.1. The maximum absolute atomic E-state index is 5.63. The fraction of sp³-hybridized carbons (Fsp3) is 0.625. The summed E-state index contributed by atoms with van der Waals surface area (Å²) < 4.78 is 17.0. The standard InChI is InChI=1S/C16H26BrNO3/c1-18-13-15(14-3-5-16(17)6-4-14)7-8-20-11-12-21-10-9-19-2/h3-6,15,18H,7-13H2,1-2H3. The van der Waals surface area contributed by atoms with Gasteiger partial charge in [0.15, 0.2) is 0 Å². The van der Waals surface area contributed by atoms with Gasteiger partial charge >= 0.3 is 0 Å². The van der Waals surface area contributed by atoms with Crippen molar-refractivity contribution in [2.45, 2.75) is 12.3 Å². The molecule has 1 rings (SSSR count). The minimum Gasteiger partial charge on any atom is -0.382 e. The van der Waals surface area contributed by atoms with Crippen LogP contribution in [0.25, 0.3) is 0 Å². The zero-order valence-corrected chi connectivity index (χ0v) is 14.5. The number of hydrogen-bond donors (Lipinski definition) is 1. The Morgan fingerprint density at radius 1 is 1.00 bits per heavy atom. The molecule has 0 spiro atoms. The number of methoxy groups -OCH3 is 1. The summed E-state index contributed by atoms with van der Waals surface area (Å²) in [6.45, 7) is 4.22. The highest BCUT2D eigenvalue weighted by Crippen LogP contribution is 2.21. The first-order valence-corrected chi connectivity index (χ1v) is 8.11. The van der Waals surface area contributed by atoms with E-state index in [0.29, 0.717) is 32.3 Å². The topological polar surface area (TPSA) is 39.7 Å². The van der Waals surface area contributed by atoms with Crippen LogP contribution in [0.4, 0.5) is 0 Å². The monoisotopic (exact) mass is 359 g/mol. The maximum Gasteiger partial charge on any atom is 0.0701 e. The molecule has 1 atom stereocenters. The number of rotatable bonds is 12. The average molecular weight is 360 g/mol. The van der Waals surface area contributed by atoms with Crippen LogP contribution in [0.1, 0.15) is 17.9 Å². The number of halogens is 1. The first kappa shape index (κ1) is 18.6. The highest BCUT2D eigenvalue weighted by Gasteiger charge is 2.10. The second-order valence-corrected chi connectivity index (χ2v) is 5.73. The number of likely N-dealkylation sites (N-methyl/N-ethyl adjacent to an activating group) is 1. The second-order valence-electron chi connectivity index (χ2n) is 4.81. The summed E-state index contributed by atoms with van der Waals surface area (Å²) in [5.41, 5.74) is 1.34. The highest BCUT2D eigenvalue weighted by molar-refractivity contribution is 9.10. The van der Waals surface area contributed by atoms with E-state index in [1.807, 2.05) is 7.05 Å². The minimum absolute atomic E-state index is 0.470. The van der Waals surface area contributed by atoms with Crippen LogP contribution in [0.3, 0.4) is 0 Å². The van der Waals surface area contributed by atoms with Crippen LogP contribution in [0.2, 0.25) is 0 Å². The SMILES string of the molecule is CNCC(CCOCCOCCOC)c1ccc(Br)cc1. The van der Waals surface area contributed by atoms with Crippen molar-refractivity contribution in [2.75, 3.05) is 53.7 Å². The number of benzene rings is 1. The molecule has 0 aliphatic heterocycles. The van der Waals surface area contributed by atoms with Crippen molar-refractivity contribution in [3.8, 4) is 0 Å². The molecule has 0 bridgehead atoms. The van der Waals surface area contributed by atoms with E-state index in [9.17, 15) is 0 Å². The Kier molecular flexibility index (Phi) is 10.7. The number of ether oxygens (including phenoxy) is 3. The zero-order valence-electron chi connectivity index (χ0n) is 12.9. The van der Waals surface area contributed by atoms with Crippen molar-refractivity contribution >= 4 is 15.9 Å². The quantitative estimate of drug-likeness (QED) is 0.582. The smallest absolute Gasteiger partial charge is 0.0701 e. The Labute approximate surface area is 136 Å². The summed E-state index contributed by atoms with van der Waals surface area (Å²) in [6.07, 6.45) is 1.00. The van der Waals surface area contributed by atoms with Crippen LogP contribution < -0.4 is 5.32 Å². The lowest BCUT2D eigenvalue weighted by Crippen LogP contribution is -2.19. The van der Waals surface area contributed by atoms with E-state index in [0.717, 1.165) is 24.0 Å². The lowest BCUT2D eigenvalue weighted by molar-refractivity contribution is 0.0233. The molecular weight excluding hydrogens is 334 g/mol. The van der Waals surface area contributed by atoms with Crippen LogP contribution in [-0.2, 0) is 14.2 Å². The molecule has 0 saturated carbocycles. The predicted molar refractivity (Wildman–Crippen MR) is 88.9 cm³/mol. The summed E-state index contributed by atoms with van der Waals surface area (Å²) in [4.78, 5) is 0. The van der Waals surface area contributed by atoms with E-state index >= 15 is 0 Å². The first-order valence-electron chi connectivity index (χ1n) is 7.32. The zero-order chi connectivity index (χ0) is 15.3. The largest absolute Gasteiger partial charge is 0.382 e. The van der Waals surface area contributed by atoms with Crippen molar-refractivity contribution in [3.05, 3.63) is 34.3 Å². The van der Waals surface area contributed by atoms with Crippen molar-refractivity contribution < 1.29 is 14.2 Å². The molecule has 21 heavy (non-hydrogen) atoms. The van der Waals surface area contributed by atoms with E-state index in [4.69, 9.17) is 14.2 Å². The predicted octanol–water partition coefficient (Wildman–Crippen LogP) is 2.82.